The van der Waals surface area contributed by atoms with Gasteiger partial charge in [-0.1, -0.05) is 6.92 Å². The Morgan fingerprint density at radius 1 is 1.37 bits per heavy atom. The molecule has 0 bridgehead atoms. The number of thiazole rings is 2. The maximum absolute atomic E-state index is 4.55. The molecule has 0 spiro atoms. The zero-order valence-electron chi connectivity index (χ0n) is 11.0. The molecule has 3 aromatic rings. The van der Waals surface area contributed by atoms with Crippen LogP contribution in [-0.4, -0.2) is 20.9 Å². The lowest BCUT2D eigenvalue weighted by Crippen LogP contribution is -2.20. The summed E-state index contributed by atoms with van der Waals surface area (Å²) in [6, 6.07) is 0. The molecule has 0 fully saturated rings. The van der Waals surface area contributed by atoms with E-state index in [9.17, 15) is 0 Å². The second-order valence-electron chi connectivity index (χ2n) is 4.60. The lowest BCUT2D eigenvalue weighted by Gasteiger charge is -2.10. The average Bonchev–Trinajstić information content (AvgIpc) is 3.08. The van der Waals surface area contributed by atoms with E-state index < -0.39 is 0 Å². The topological polar surface area (TPSA) is 42.2 Å². The lowest BCUT2D eigenvalue weighted by molar-refractivity contribution is 0.603. The van der Waals surface area contributed by atoms with Crippen LogP contribution in [0.1, 0.15) is 29.2 Å². The highest BCUT2D eigenvalue weighted by molar-refractivity contribution is 7.15. The van der Waals surface area contributed by atoms with Crippen LogP contribution in [0.4, 0.5) is 0 Å². The molecule has 4 nitrogen and oxygen atoms in total. The molecule has 0 aliphatic carbocycles. The molecule has 1 atom stereocenters. The monoisotopic (exact) mass is 292 g/mol. The van der Waals surface area contributed by atoms with E-state index in [0.29, 0.717) is 5.92 Å². The fourth-order valence-electron chi connectivity index (χ4n) is 2.13. The van der Waals surface area contributed by atoms with Crippen molar-refractivity contribution in [1.29, 1.82) is 0 Å². The summed E-state index contributed by atoms with van der Waals surface area (Å²) in [5, 5.41) is 8.80. The van der Waals surface area contributed by atoms with Crippen LogP contribution in [0.15, 0.2) is 23.2 Å². The third-order valence-corrected chi connectivity index (χ3v) is 4.94. The molecule has 6 heteroatoms. The fraction of sp³-hybridized carbons (Fsp3) is 0.385. The van der Waals surface area contributed by atoms with E-state index in [1.54, 1.807) is 22.7 Å². The van der Waals surface area contributed by atoms with Gasteiger partial charge in [0, 0.05) is 42.2 Å². The third kappa shape index (κ3) is 2.56. The molecule has 0 aliphatic heterocycles. The van der Waals surface area contributed by atoms with E-state index in [2.05, 4.69) is 45.1 Å². The normalized spacial score (nSPS) is 13.2. The molecule has 3 heterocycles. The minimum absolute atomic E-state index is 0.450. The summed E-state index contributed by atoms with van der Waals surface area (Å²) in [6.07, 6.45) is 3.95. The Morgan fingerprint density at radius 3 is 3.05 bits per heavy atom. The Morgan fingerprint density at radius 2 is 2.26 bits per heavy atom. The summed E-state index contributed by atoms with van der Waals surface area (Å²) < 4.78 is 2.17. The minimum Gasteiger partial charge on any atom is -0.310 e. The summed E-state index contributed by atoms with van der Waals surface area (Å²) in [7, 11) is 0. The van der Waals surface area contributed by atoms with Crippen molar-refractivity contribution in [1.82, 2.24) is 19.7 Å². The van der Waals surface area contributed by atoms with Gasteiger partial charge in [0.25, 0.3) is 0 Å². The number of nitrogens with zero attached hydrogens (tertiary/aromatic N) is 3. The van der Waals surface area contributed by atoms with Crippen molar-refractivity contribution in [2.45, 2.75) is 26.3 Å². The first kappa shape index (κ1) is 12.8. The van der Waals surface area contributed by atoms with E-state index in [1.807, 2.05) is 11.6 Å². The molecule has 0 amide bonds. The van der Waals surface area contributed by atoms with Crippen LogP contribution in [0.25, 0.3) is 4.96 Å². The van der Waals surface area contributed by atoms with Crippen LogP contribution in [0, 0.1) is 6.92 Å². The Labute approximate surface area is 120 Å². The number of aryl methyl sites for hydroxylation is 1. The Bertz CT molecular complexity index is 653. The highest BCUT2D eigenvalue weighted by Gasteiger charge is 2.11. The zero-order valence-corrected chi connectivity index (χ0v) is 12.6. The van der Waals surface area contributed by atoms with Gasteiger partial charge in [-0.15, -0.1) is 22.7 Å². The van der Waals surface area contributed by atoms with E-state index in [4.69, 9.17) is 0 Å². The number of aromatic nitrogens is 3. The largest absolute Gasteiger partial charge is 0.310 e. The number of rotatable bonds is 5. The first-order valence-corrected chi connectivity index (χ1v) is 8.02. The van der Waals surface area contributed by atoms with E-state index in [0.717, 1.165) is 23.7 Å². The van der Waals surface area contributed by atoms with Gasteiger partial charge < -0.3 is 5.32 Å². The van der Waals surface area contributed by atoms with Gasteiger partial charge in [-0.2, -0.15) is 0 Å². The summed E-state index contributed by atoms with van der Waals surface area (Å²) >= 11 is 3.39. The molecular weight excluding hydrogens is 276 g/mol. The van der Waals surface area contributed by atoms with Crippen LogP contribution < -0.4 is 5.32 Å². The van der Waals surface area contributed by atoms with Crippen molar-refractivity contribution < 1.29 is 0 Å². The molecule has 3 aromatic heterocycles. The summed E-state index contributed by atoms with van der Waals surface area (Å²) in [5.41, 5.74) is 2.36. The van der Waals surface area contributed by atoms with Crippen LogP contribution in [0.2, 0.25) is 0 Å². The number of imidazole rings is 1. The molecule has 0 aromatic carbocycles. The molecule has 0 saturated heterocycles. The van der Waals surface area contributed by atoms with Crippen LogP contribution in [0.5, 0.6) is 0 Å². The second kappa shape index (κ2) is 5.40. The Balaban J connectivity index is 1.63. The third-order valence-electron chi connectivity index (χ3n) is 3.18. The molecular formula is C13H16N4S2. The first-order chi connectivity index (χ1) is 9.25. The maximum Gasteiger partial charge on any atom is 0.194 e. The van der Waals surface area contributed by atoms with Crippen LogP contribution in [0.3, 0.4) is 0 Å². The molecule has 0 saturated carbocycles. The Hall–Kier alpha value is -1.24. The van der Waals surface area contributed by atoms with Gasteiger partial charge in [-0.25, -0.2) is 9.97 Å². The molecule has 1 unspecified atom stereocenters. The van der Waals surface area contributed by atoms with Crippen molar-refractivity contribution in [2.75, 3.05) is 6.54 Å². The predicted molar refractivity (Wildman–Crippen MR) is 80.0 cm³/mol. The minimum atomic E-state index is 0.450. The highest BCUT2D eigenvalue weighted by atomic mass is 32.1. The standard InChI is InChI=1S/C13H16N4S2/c1-9(12-15-3-5-18-12)7-14-8-11-10(2)16-13-17(11)4-6-19-13/h3-6,9,14H,7-8H2,1-2H3. The molecule has 3 rings (SSSR count). The van der Waals surface area contributed by atoms with Gasteiger partial charge in [0.05, 0.1) is 16.4 Å². The molecule has 1 N–H and O–H groups in total. The van der Waals surface area contributed by atoms with E-state index in [1.165, 1.54) is 10.7 Å². The summed E-state index contributed by atoms with van der Waals surface area (Å²) in [4.78, 5) is 9.98. The lowest BCUT2D eigenvalue weighted by atomic mass is 10.2. The fourth-order valence-corrected chi connectivity index (χ4v) is 3.60. The number of hydrogen-bond acceptors (Lipinski definition) is 5. The second-order valence-corrected chi connectivity index (χ2v) is 6.40. The smallest absolute Gasteiger partial charge is 0.194 e. The quantitative estimate of drug-likeness (QED) is 0.786. The molecule has 0 aliphatic rings. The average molecular weight is 292 g/mol. The SMILES string of the molecule is Cc1nc2sccn2c1CNCC(C)c1nccs1. The highest BCUT2D eigenvalue weighted by Crippen LogP contribution is 2.18. The van der Waals surface area contributed by atoms with E-state index >= 15 is 0 Å². The van der Waals surface area contributed by atoms with Gasteiger partial charge in [-0.05, 0) is 6.92 Å². The first-order valence-electron chi connectivity index (χ1n) is 6.27. The van der Waals surface area contributed by atoms with Crippen molar-refractivity contribution in [3.05, 3.63) is 39.5 Å². The molecule has 19 heavy (non-hydrogen) atoms. The van der Waals surface area contributed by atoms with Crippen molar-refractivity contribution in [2.24, 2.45) is 0 Å². The summed E-state index contributed by atoms with van der Waals surface area (Å²) in [6.45, 7) is 6.06. The number of hydrogen-bond donors (Lipinski definition) is 1. The van der Waals surface area contributed by atoms with Gasteiger partial charge in [0.15, 0.2) is 4.96 Å². The van der Waals surface area contributed by atoms with Crippen LogP contribution in [-0.2, 0) is 6.54 Å². The van der Waals surface area contributed by atoms with Crippen molar-refractivity contribution in [3.8, 4) is 0 Å². The van der Waals surface area contributed by atoms with Gasteiger partial charge >= 0.3 is 0 Å². The van der Waals surface area contributed by atoms with E-state index in [-0.39, 0.29) is 0 Å². The maximum atomic E-state index is 4.55. The van der Waals surface area contributed by atoms with Gasteiger partial charge in [0.2, 0.25) is 0 Å². The van der Waals surface area contributed by atoms with Crippen LogP contribution >= 0.6 is 22.7 Å². The van der Waals surface area contributed by atoms with Crippen molar-refractivity contribution >= 4 is 27.6 Å². The number of fused-ring (bicyclic) bond motifs is 1. The molecule has 100 valence electrons. The van der Waals surface area contributed by atoms with Gasteiger partial charge in [0.1, 0.15) is 0 Å². The predicted octanol–water partition coefficient (Wildman–Crippen LogP) is 3.05. The zero-order chi connectivity index (χ0) is 13.2. The summed E-state index contributed by atoms with van der Waals surface area (Å²) in [5.74, 6) is 0.450. The molecule has 0 radical (unpaired) electrons. The van der Waals surface area contributed by atoms with Gasteiger partial charge in [-0.3, -0.25) is 4.40 Å². The number of nitrogens with one attached hydrogen (secondary N) is 1. The van der Waals surface area contributed by atoms with Crippen molar-refractivity contribution in [3.63, 3.8) is 0 Å². The Kier molecular flexibility index (Phi) is 3.63.